The number of nitrogens with zero attached hydrogens (tertiary/aromatic N) is 3. The molecule has 3 saturated heterocycles. The van der Waals surface area contributed by atoms with Crippen LogP contribution in [0.4, 0.5) is 10.1 Å². The number of primary amides is 1. The maximum absolute atomic E-state index is 13.2. The average Bonchev–Trinajstić information content (AvgIpc) is 3.16. The summed E-state index contributed by atoms with van der Waals surface area (Å²) in [5, 5.41) is 0. The Morgan fingerprint density at radius 1 is 1.08 bits per heavy atom. The van der Waals surface area contributed by atoms with Gasteiger partial charge in [0, 0.05) is 70.3 Å². The van der Waals surface area contributed by atoms with Gasteiger partial charge in [-0.25, -0.2) is 4.39 Å². The van der Waals surface area contributed by atoms with E-state index in [9.17, 15) is 18.8 Å². The lowest BCUT2D eigenvalue weighted by atomic mass is 9.75. The van der Waals surface area contributed by atoms with E-state index in [1.54, 1.807) is 4.90 Å². The molecular weight excluding hydrogens is 463 g/mol. The first kappa shape index (κ1) is 26.4. The van der Waals surface area contributed by atoms with E-state index >= 15 is 0 Å². The van der Waals surface area contributed by atoms with E-state index in [0.29, 0.717) is 32.4 Å². The van der Waals surface area contributed by atoms with Crippen molar-refractivity contribution in [3.05, 3.63) is 30.1 Å². The monoisotopic (exact) mass is 502 g/mol. The first-order chi connectivity index (χ1) is 17.2. The van der Waals surface area contributed by atoms with Gasteiger partial charge in [0.05, 0.1) is 5.41 Å². The molecular formula is C27H39FN4O4. The Labute approximate surface area is 212 Å². The number of likely N-dealkylation sites (tertiary alicyclic amines) is 1. The Balaban J connectivity index is 1.22. The van der Waals surface area contributed by atoms with Crippen molar-refractivity contribution in [2.75, 3.05) is 50.7 Å². The van der Waals surface area contributed by atoms with Crippen LogP contribution in [0.25, 0.3) is 0 Å². The van der Waals surface area contributed by atoms with Crippen LogP contribution < -0.4 is 10.6 Å². The van der Waals surface area contributed by atoms with Gasteiger partial charge < -0.3 is 20.3 Å². The lowest BCUT2D eigenvalue weighted by Crippen LogP contribution is -2.48. The first-order valence-corrected chi connectivity index (χ1v) is 13.2. The zero-order valence-electron chi connectivity index (χ0n) is 21.5. The number of benzene rings is 1. The molecule has 2 atom stereocenters. The highest BCUT2D eigenvalue weighted by Gasteiger charge is 2.51. The van der Waals surface area contributed by atoms with Crippen LogP contribution in [0.3, 0.4) is 0 Å². The molecule has 198 valence electrons. The zero-order valence-corrected chi connectivity index (χ0v) is 21.5. The highest BCUT2D eigenvalue weighted by Crippen LogP contribution is 2.44. The molecule has 0 bridgehead atoms. The van der Waals surface area contributed by atoms with E-state index < -0.39 is 17.2 Å². The van der Waals surface area contributed by atoms with E-state index in [1.807, 2.05) is 26.0 Å². The second kappa shape index (κ2) is 11.2. The summed E-state index contributed by atoms with van der Waals surface area (Å²) >= 11 is 0. The lowest BCUT2D eigenvalue weighted by Gasteiger charge is -2.38. The van der Waals surface area contributed by atoms with E-state index in [4.69, 9.17) is 10.5 Å². The van der Waals surface area contributed by atoms with Crippen LogP contribution in [-0.4, -0.2) is 79.5 Å². The van der Waals surface area contributed by atoms with Gasteiger partial charge >= 0.3 is 5.97 Å². The van der Waals surface area contributed by atoms with Crippen molar-refractivity contribution in [2.45, 2.75) is 52.1 Å². The van der Waals surface area contributed by atoms with Crippen LogP contribution in [0.1, 0.15) is 46.0 Å². The summed E-state index contributed by atoms with van der Waals surface area (Å²) in [5.74, 6) is -1.24. The van der Waals surface area contributed by atoms with Gasteiger partial charge in [0.15, 0.2) is 0 Å². The lowest BCUT2D eigenvalue weighted by molar-refractivity contribution is -0.153. The molecule has 3 heterocycles. The highest BCUT2D eigenvalue weighted by atomic mass is 19.1. The molecule has 0 unspecified atom stereocenters. The number of hydrogen-bond acceptors (Lipinski definition) is 6. The standard InChI is InChI=1S/C27H39FN4O4/c1-19(2)23(17-24(29)33)25(34)32-11-8-27(9-12-32)18-22(36-26(27)35)7-10-30-13-15-31(16-14-30)21-5-3-20(28)4-6-21/h3-6,19,22-23H,7-18H2,1-2H3,(H2,29,33)/t22-,23-/m0/s1. The Kier molecular flexibility index (Phi) is 8.17. The molecule has 2 N–H and O–H groups in total. The number of halogens is 1. The number of rotatable bonds is 8. The molecule has 0 aliphatic carbocycles. The summed E-state index contributed by atoms with van der Waals surface area (Å²) in [6.07, 6.45) is 2.69. The predicted octanol–water partition coefficient (Wildman–Crippen LogP) is 2.41. The molecule has 0 aromatic heterocycles. The summed E-state index contributed by atoms with van der Waals surface area (Å²) in [7, 11) is 0. The average molecular weight is 503 g/mol. The predicted molar refractivity (Wildman–Crippen MR) is 135 cm³/mol. The minimum atomic E-state index is -0.500. The Morgan fingerprint density at radius 2 is 1.72 bits per heavy atom. The number of carbonyl (C=O) groups is 3. The van der Waals surface area contributed by atoms with Crippen molar-refractivity contribution in [3.63, 3.8) is 0 Å². The SMILES string of the molecule is CC(C)[C@H](CC(N)=O)C(=O)N1CCC2(CC1)C[C@H](CCN1CCN(c3ccc(F)cc3)CC1)OC2=O. The number of amides is 2. The molecule has 36 heavy (non-hydrogen) atoms. The molecule has 3 aliphatic heterocycles. The molecule has 2 amide bonds. The van der Waals surface area contributed by atoms with Crippen LogP contribution in [0.15, 0.2) is 24.3 Å². The molecule has 1 aromatic rings. The van der Waals surface area contributed by atoms with E-state index in [0.717, 1.165) is 44.8 Å². The number of ether oxygens (including phenoxy) is 1. The summed E-state index contributed by atoms with van der Waals surface area (Å²) < 4.78 is 19.0. The number of nitrogens with two attached hydrogens (primary N) is 1. The molecule has 8 nitrogen and oxygen atoms in total. The quantitative estimate of drug-likeness (QED) is 0.549. The number of esters is 1. The van der Waals surface area contributed by atoms with Crippen LogP contribution in [0, 0.1) is 23.1 Å². The fraction of sp³-hybridized carbons (Fsp3) is 0.667. The zero-order chi connectivity index (χ0) is 25.9. The molecule has 0 saturated carbocycles. The third kappa shape index (κ3) is 5.99. The topological polar surface area (TPSA) is 96.2 Å². The fourth-order valence-corrected chi connectivity index (χ4v) is 5.83. The number of anilines is 1. The Bertz CT molecular complexity index is 938. The van der Waals surface area contributed by atoms with Crippen molar-refractivity contribution in [3.8, 4) is 0 Å². The number of piperazine rings is 1. The van der Waals surface area contributed by atoms with Gasteiger partial charge in [0.2, 0.25) is 11.8 Å². The van der Waals surface area contributed by atoms with Crippen molar-refractivity contribution < 1.29 is 23.5 Å². The summed E-state index contributed by atoms with van der Waals surface area (Å²) in [4.78, 5) is 43.8. The van der Waals surface area contributed by atoms with Crippen molar-refractivity contribution in [1.29, 1.82) is 0 Å². The van der Waals surface area contributed by atoms with Gasteiger partial charge in [0.1, 0.15) is 11.9 Å². The van der Waals surface area contributed by atoms with E-state index in [2.05, 4.69) is 9.80 Å². The van der Waals surface area contributed by atoms with Gasteiger partial charge in [-0.3, -0.25) is 19.3 Å². The first-order valence-electron chi connectivity index (χ1n) is 13.2. The number of cyclic esters (lactones) is 1. The van der Waals surface area contributed by atoms with Gasteiger partial charge in [-0.2, -0.15) is 0 Å². The summed E-state index contributed by atoms with van der Waals surface area (Å²) in [6, 6.07) is 6.64. The molecule has 1 aromatic carbocycles. The maximum atomic E-state index is 13.2. The fourth-order valence-electron chi connectivity index (χ4n) is 5.83. The van der Waals surface area contributed by atoms with Gasteiger partial charge in [-0.1, -0.05) is 13.8 Å². The largest absolute Gasteiger partial charge is 0.462 e. The van der Waals surface area contributed by atoms with Crippen LogP contribution >= 0.6 is 0 Å². The van der Waals surface area contributed by atoms with Gasteiger partial charge in [-0.05, 0) is 49.4 Å². The molecule has 0 radical (unpaired) electrons. The number of hydrogen-bond donors (Lipinski definition) is 1. The summed E-state index contributed by atoms with van der Waals surface area (Å²) in [5.41, 5.74) is 5.90. The molecule has 3 fully saturated rings. The molecule has 1 spiro atoms. The van der Waals surface area contributed by atoms with Gasteiger partial charge in [0.25, 0.3) is 0 Å². The smallest absolute Gasteiger partial charge is 0.312 e. The minimum Gasteiger partial charge on any atom is -0.462 e. The third-order valence-corrected chi connectivity index (χ3v) is 8.23. The number of piperidine rings is 1. The Hall–Kier alpha value is -2.68. The van der Waals surface area contributed by atoms with Crippen LogP contribution in [0.2, 0.25) is 0 Å². The maximum Gasteiger partial charge on any atom is 0.312 e. The highest BCUT2D eigenvalue weighted by molar-refractivity contribution is 5.86. The van der Waals surface area contributed by atoms with Crippen molar-refractivity contribution in [2.24, 2.45) is 23.0 Å². The van der Waals surface area contributed by atoms with Crippen LogP contribution in [-0.2, 0) is 19.1 Å². The second-order valence-electron chi connectivity index (χ2n) is 11.0. The molecule has 4 rings (SSSR count). The third-order valence-electron chi connectivity index (χ3n) is 8.23. The van der Waals surface area contributed by atoms with Crippen molar-refractivity contribution >= 4 is 23.5 Å². The normalized spacial score (nSPS) is 23.2. The minimum absolute atomic E-state index is 0.0271. The van der Waals surface area contributed by atoms with Gasteiger partial charge in [-0.15, -0.1) is 0 Å². The van der Waals surface area contributed by atoms with E-state index in [1.165, 1.54) is 12.1 Å². The summed E-state index contributed by atoms with van der Waals surface area (Å²) in [6.45, 7) is 9.36. The van der Waals surface area contributed by atoms with Crippen LogP contribution in [0.5, 0.6) is 0 Å². The molecule has 9 heteroatoms. The van der Waals surface area contributed by atoms with Crippen molar-refractivity contribution in [1.82, 2.24) is 9.80 Å². The Morgan fingerprint density at radius 3 is 2.31 bits per heavy atom. The molecule has 3 aliphatic rings. The van der Waals surface area contributed by atoms with E-state index in [-0.39, 0.29) is 36.1 Å². The second-order valence-corrected chi connectivity index (χ2v) is 11.0. The number of carbonyl (C=O) groups excluding carboxylic acids is 3.